The summed E-state index contributed by atoms with van der Waals surface area (Å²) in [5.74, 6) is -0.222. The van der Waals surface area contributed by atoms with Crippen LogP contribution in [0.4, 0.5) is 0 Å². The zero-order valence-electron chi connectivity index (χ0n) is 14.7. The van der Waals surface area contributed by atoms with E-state index in [1.54, 1.807) is 34.0 Å². The fourth-order valence-electron chi connectivity index (χ4n) is 3.72. The summed E-state index contributed by atoms with van der Waals surface area (Å²) in [7, 11) is 0. The van der Waals surface area contributed by atoms with E-state index in [2.05, 4.69) is 41.1 Å². The first-order valence-corrected chi connectivity index (χ1v) is 11.2. The molecule has 0 spiro atoms. The molecule has 3 aromatic heterocycles. The maximum atomic E-state index is 12.6. The lowest BCUT2D eigenvalue weighted by atomic mass is 9.71. The lowest BCUT2D eigenvalue weighted by Crippen LogP contribution is -2.35. The van der Waals surface area contributed by atoms with Gasteiger partial charge in [0.1, 0.15) is 17.5 Å². The quantitative estimate of drug-likeness (QED) is 0.496. The number of ketones is 2. The molecule has 0 atom stereocenters. The van der Waals surface area contributed by atoms with Crippen molar-refractivity contribution in [2.24, 2.45) is 5.41 Å². The normalized spacial score (nSPS) is 18.0. The second-order valence-corrected chi connectivity index (χ2v) is 10.7. The number of carbonyl (C=O) groups is 2. The third-order valence-corrected chi connectivity index (χ3v) is 7.91. The molecule has 0 aromatic carbocycles. The van der Waals surface area contributed by atoms with Crippen LogP contribution >= 0.6 is 34.0 Å². The van der Waals surface area contributed by atoms with E-state index in [0.717, 1.165) is 4.88 Å². The van der Waals surface area contributed by atoms with Crippen LogP contribution in [0.25, 0.3) is 0 Å². The van der Waals surface area contributed by atoms with E-state index in [9.17, 15) is 9.59 Å². The Hall–Kier alpha value is -1.56. The van der Waals surface area contributed by atoms with Crippen molar-refractivity contribution in [2.45, 2.75) is 38.5 Å². The van der Waals surface area contributed by atoms with Gasteiger partial charge in [0.2, 0.25) is 0 Å². The Morgan fingerprint density at radius 1 is 0.885 bits per heavy atom. The molecular weight excluding hydrogens is 380 g/mol. The van der Waals surface area contributed by atoms with Gasteiger partial charge in [0.05, 0.1) is 5.92 Å². The molecule has 3 aromatic rings. The number of hydrogen-bond acceptors (Lipinski definition) is 5. The van der Waals surface area contributed by atoms with Crippen LogP contribution in [0.3, 0.4) is 0 Å². The summed E-state index contributed by atoms with van der Waals surface area (Å²) >= 11 is 5.12. The van der Waals surface area contributed by atoms with Gasteiger partial charge in [-0.25, -0.2) is 0 Å². The highest BCUT2D eigenvalue weighted by atomic mass is 32.1. The van der Waals surface area contributed by atoms with Gasteiger partial charge in [0, 0.05) is 32.4 Å². The summed E-state index contributed by atoms with van der Waals surface area (Å²) < 4.78 is 0. The van der Waals surface area contributed by atoms with E-state index in [0.29, 0.717) is 12.8 Å². The third-order valence-electron chi connectivity index (χ3n) is 4.82. The average Bonchev–Trinajstić information content (AvgIpc) is 3.28. The molecule has 0 aliphatic heterocycles. The van der Waals surface area contributed by atoms with Gasteiger partial charge in [-0.2, -0.15) is 0 Å². The molecule has 2 nitrogen and oxygen atoms in total. The molecular formula is C21H20O2S3. The summed E-state index contributed by atoms with van der Waals surface area (Å²) in [6.45, 7) is 4.00. The molecule has 0 amide bonds. The van der Waals surface area contributed by atoms with Crippen molar-refractivity contribution in [1.29, 1.82) is 0 Å². The molecule has 1 aliphatic rings. The smallest absolute Gasteiger partial charge is 0.149 e. The van der Waals surface area contributed by atoms with Gasteiger partial charge in [0.15, 0.2) is 0 Å². The molecule has 0 saturated heterocycles. The van der Waals surface area contributed by atoms with Crippen molar-refractivity contribution >= 4 is 45.6 Å². The maximum Gasteiger partial charge on any atom is 0.149 e. The van der Waals surface area contributed by atoms with Gasteiger partial charge in [0.25, 0.3) is 0 Å². The van der Waals surface area contributed by atoms with Crippen molar-refractivity contribution in [1.82, 2.24) is 0 Å². The molecule has 0 radical (unpaired) electrons. The van der Waals surface area contributed by atoms with E-state index < -0.39 is 5.92 Å². The molecule has 3 heterocycles. The van der Waals surface area contributed by atoms with E-state index >= 15 is 0 Å². The van der Waals surface area contributed by atoms with Gasteiger partial charge in [-0.1, -0.05) is 26.0 Å². The molecule has 1 saturated carbocycles. The zero-order valence-corrected chi connectivity index (χ0v) is 17.2. The minimum Gasteiger partial charge on any atom is -0.298 e. The van der Waals surface area contributed by atoms with Gasteiger partial charge in [-0.3, -0.25) is 9.59 Å². The minimum absolute atomic E-state index is 0.0726. The second-order valence-electron chi connectivity index (χ2n) is 7.59. The van der Waals surface area contributed by atoms with Crippen LogP contribution in [-0.4, -0.2) is 11.6 Å². The lowest BCUT2D eigenvalue weighted by Gasteiger charge is -2.31. The number of thiophene rings is 3. The predicted molar refractivity (Wildman–Crippen MR) is 110 cm³/mol. The van der Waals surface area contributed by atoms with Crippen molar-refractivity contribution in [2.75, 3.05) is 0 Å². The van der Waals surface area contributed by atoms with Crippen LogP contribution in [-0.2, 0) is 9.59 Å². The highest BCUT2D eigenvalue weighted by Crippen LogP contribution is 2.44. The number of carbonyl (C=O) groups excluding carboxylic acids is 2. The first-order chi connectivity index (χ1) is 12.4. The SMILES string of the molecule is CC1(C)CC(=O)C(c2ccc(C(c3cccs3)c3cccs3)s2)C(=O)C1. The minimum atomic E-state index is -0.561. The zero-order chi connectivity index (χ0) is 18.3. The maximum absolute atomic E-state index is 12.6. The second kappa shape index (κ2) is 6.87. The number of Topliss-reactive ketones (excluding diaryl/α,β-unsaturated/α-hetero) is 2. The van der Waals surface area contributed by atoms with Gasteiger partial charge in [-0.05, 0) is 40.4 Å². The Morgan fingerprint density at radius 2 is 1.46 bits per heavy atom. The third kappa shape index (κ3) is 3.36. The van der Waals surface area contributed by atoms with Crippen LogP contribution in [0.15, 0.2) is 47.2 Å². The Bertz CT molecular complexity index is 862. The predicted octanol–water partition coefficient (Wildman–Crippen LogP) is 6.09. The molecule has 0 N–H and O–H groups in total. The molecule has 1 aliphatic carbocycles. The summed E-state index contributed by atoms with van der Waals surface area (Å²) in [5.41, 5.74) is -0.207. The Labute approximate surface area is 165 Å². The number of hydrogen-bond donors (Lipinski definition) is 0. The standard InChI is InChI=1S/C21H20O2S3/c1-21(2)11-13(22)19(14(23)12-21)17-7-8-18(26-17)20(15-5-3-9-24-15)16-6-4-10-25-16/h3-10,19-20H,11-12H2,1-2H3. The highest BCUT2D eigenvalue weighted by Gasteiger charge is 2.41. The highest BCUT2D eigenvalue weighted by molar-refractivity contribution is 7.14. The van der Waals surface area contributed by atoms with Crippen LogP contribution in [0.5, 0.6) is 0 Å². The Balaban J connectivity index is 1.69. The van der Waals surface area contributed by atoms with Crippen molar-refractivity contribution in [3.63, 3.8) is 0 Å². The molecule has 4 rings (SSSR count). The van der Waals surface area contributed by atoms with Crippen LogP contribution in [0.2, 0.25) is 0 Å². The lowest BCUT2D eigenvalue weighted by molar-refractivity contribution is -0.135. The Morgan fingerprint density at radius 3 is 1.96 bits per heavy atom. The Kier molecular flexibility index (Phi) is 4.71. The fourth-order valence-corrected chi connectivity index (χ4v) is 6.96. The van der Waals surface area contributed by atoms with E-state index in [4.69, 9.17) is 0 Å². The molecule has 0 unspecified atom stereocenters. The van der Waals surface area contributed by atoms with Crippen LogP contribution < -0.4 is 0 Å². The molecule has 0 bridgehead atoms. The van der Waals surface area contributed by atoms with Crippen molar-refractivity contribution in [3.8, 4) is 0 Å². The van der Waals surface area contributed by atoms with Crippen LogP contribution in [0.1, 0.15) is 58.0 Å². The summed E-state index contributed by atoms with van der Waals surface area (Å²) in [4.78, 5) is 30.0. The first-order valence-electron chi connectivity index (χ1n) is 8.66. The van der Waals surface area contributed by atoms with E-state index in [-0.39, 0.29) is 22.9 Å². The van der Waals surface area contributed by atoms with Gasteiger partial charge < -0.3 is 0 Å². The molecule has 1 fully saturated rings. The molecule has 5 heteroatoms. The largest absolute Gasteiger partial charge is 0.298 e. The summed E-state index contributed by atoms with van der Waals surface area (Å²) in [5, 5.41) is 4.20. The van der Waals surface area contributed by atoms with Crippen molar-refractivity contribution in [3.05, 3.63) is 66.7 Å². The summed E-state index contributed by atoms with van der Waals surface area (Å²) in [6.07, 6.45) is 0.964. The fraction of sp³-hybridized carbons (Fsp3) is 0.333. The number of rotatable bonds is 4. The van der Waals surface area contributed by atoms with Gasteiger partial charge >= 0.3 is 0 Å². The van der Waals surface area contributed by atoms with Crippen molar-refractivity contribution < 1.29 is 9.59 Å². The van der Waals surface area contributed by atoms with Gasteiger partial charge in [-0.15, -0.1) is 34.0 Å². The van der Waals surface area contributed by atoms with E-state index in [1.807, 2.05) is 19.9 Å². The molecule has 26 heavy (non-hydrogen) atoms. The average molecular weight is 401 g/mol. The van der Waals surface area contributed by atoms with E-state index in [1.165, 1.54) is 14.6 Å². The summed E-state index contributed by atoms with van der Waals surface area (Å²) in [6, 6.07) is 12.6. The molecule has 134 valence electrons. The van der Waals surface area contributed by atoms with Crippen LogP contribution in [0, 0.1) is 5.41 Å². The monoisotopic (exact) mass is 400 g/mol. The topological polar surface area (TPSA) is 34.1 Å². The first kappa shape index (κ1) is 17.8.